The van der Waals surface area contributed by atoms with Gasteiger partial charge in [-0.1, -0.05) is 56.3 Å². The fourth-order valence-corrected chi connectivity index (χ4v) is 6.24. The molecule has 0 aliphatic carbocycles. The Morgan fingerprint density at radius 3 is 2.50 bits per heavy atom. The molecule has 0 spiro atoms. The molecule has 1 unspecified atom stereocenters. The number of nitrogens with zero attached hydrogens (tertiary/aromatic N) is 3. The second kappa shape index (κ2) is 8.41. The Morgan fingerprint density at radius 2 is 1.80 bits per heavy atom. The predicted octanol–water partition coefficient (Wildman–Crippen LogP) is 3.88. The lowest BCUT2D eigenvalue weighted by atomic mass is 10.0. The number of para-hydroxylation sites is 2. The molecule has 1 aliphatic rings. The summed E-state index contributed by atoms with van der Waals surface area (Å²) in [7, 11) is -3.94. The molecule has 1 aromatic heterocycles. The van der Waals surface area contributed by atoms with Crippen molar-refractivity contribution in [3.63, 3.8) is 0 Å². The molecule has 7 nitrogen and oxygen atoms in total. The number of amides is 1. The third-order valence-corrected chi connectivity index (χ3v) is 7.72. The quantitative estimate of drug-likeness (QED) is 0.513. The summed E-state index contributed by atoms with van der Waals surface area (Å²) < 4.78 is 34.4. The van der Waals surface area contributed by atoms with Gasteiger partial charge >= 0.3 is 10.2 Å². The average molecular weight is 446 g/mol. The Labute approximate surface area is 180 Å². The van der Waals surface area contributed by atoms with Crippen LogP contribution in [0.1, 0.15) is 25.8 Å². The normalized spacial score (nSPS) is 19.2. The standard InChI is InChI=1S/C21H23N3O4S2/c1-15(2)12-18-20(25)24(14-29-21-22-17-10-6-7-11-19(17)28-21)30(26,27)23(18)13-16-8-4-3-5-9-16/h3-11,15,18H,12-14H2,1-2H3. The highest BCUT2D eigenvalue weighted by molar-refractivity contribution is 7.99. The molecule has 1 amide bonds. The number of carbonyl (C=O) groups is 1. The summed E-state index contributed by atoms with van der Waals surface area (Å²) in [6.45, 7) is 4.13. The number of aromatic nitrogens is 1. The van der Waals surface area contributed by atoms with Crippen molar-refractivity contribution in [3.05, 3.63) is 60.2 Å². The molecule has 1 aliphatic heterocycles. The van der Waals surface area contributed by atoms with E-state index in [1.165, 1.54) is 4.31 Å². The number of benzene rings is 2. The molecular formula is C21H23N3O4S2. The van der Waals surface area contributed by atoms with Gasteiger partial charge in [-0.05, 0) is 41.8 Å². The first-order valence-corrected chi connectivity index (χ1v) is 12.1. The van der Waals surface area contributed by atoms with Crippen LogP contribution in [0.3, 0.4) is 0 Å². The van der Waals surface area contributed by atoms with Gasteiger partial charge in [0.2, 0.25) is 0 Å². The first-order chi connectivity index (χ1) is 14.4. The van der Waals surface area contributed by atoms with Crippen molar-refractivity contribution in [1.29, 1.82) is 0 Å². The van der Waals surface area contributed by atoms with Crippen molar-refractivity contribution in [3.8, 4) is 0 Å². The molecule has 3 aromatic rings. The Kier molecular flexibility index (Phi) is 5.86. The molecule has 4 rings (SSSR count). The molecule has 9 heteroatoms. The van der Waals surface area contributed by atoms with Crippen molar-refractivity contribution < 1.29 is 17.6 Å². The number of fused-ring (bicyclic) bond motifs is 1. The minimum absolute atomic E-state index is 0.0755. The summed E-state index contributed by atoms with van der Waals surface area (Å²) in [6, 6.07) is 15.9. The van der Waals surface area contributed by atoms with Gasteiger partial charge in [0, 0.05) is 6.54 Å². The summed E-state index contributed by atoms with van der Waals surface area (Å²) in [5.74, 6) is -0.297. The Bertz CT molecular complexity index is 1110. The van der Waals surface area contributed by atoms with Gasteiger partial charge in [0.05, 0.1) is 5.88 Å². The van der Waals surface area contributed by atoms with Gasteiger partial charge in [0.15, 0.2) is 5.58 Å². The molecular weight excluding hydrogens is 422 g/mol. The van der Waals surface area contributed by atoms with Crippen LogP contribution >= 0.6 is 11.8 Å². The molecule has 0 N–H and O–H groups in total. The first-order valence-electron chi connectivity index (χ1n) is 9.72. The molecule has 1 saturated heterocycles. The number of thioether (sulfide) groups is 1. The SMILES string of the molecule is CC(C)CC1C(=O)N(CSc2nc3ccccc3o2)S(=O)(=O)N1Cc1ccccc1. The molecule has 1 fully saturated rings. The largest absolute Gasteiger partial charge is 0.431 e. The van der Waals surface area contributed by atoms with E-state index in [1.807, 2.05) is 62.4 Å². The van der Waals surface area contributed by atoms with Crippen LogP contribution in [0.2, 0.25) is 0 Å². The zero-order valence-electron chi connectivity index (χ0n) is 16.8. The number of rotatable bonds is 7. The van der Waals surface area contributed by atoms with Gasteiger partial charge in [0.25, 0.3) is 11.1 Å². The lowest BCUT2D eigenvalue weighted by molar-refractivity contribution is -0.127. The van der Waals surface area contributed by atoms with E-state index in [1.54, 1.807) is 6.07 Å². The van der Waals surface area contributed by atoms with Crippen molar-refractivity contribution in [1.82, 2.24) is 13.6 Å². The third kappa shape index (κ3) is 4.10. The van der Waals surface area contributed by atoms with E-state index < -0.39 is 22.2 Å². The summed E-state index contributed by atoms with van der Waals surface area (Å²) in [4.78, 5) is 17.4. The van der Waals surface area contributed by atoms with Gasteiger partial charge in [0.1, 0.15) is 11.6 Å². The van der Waals surface area contributed by atoms with Crippen molar-refractivity contribution in [2.75, 3.05) is 5.88 Å². The number of hydrogen-bond donors (Lipinski definition) is 0. The Hall–Kier alpha value is -2.36. The third-order valence-electron chi connectivity index (χ3n) is 4.91. The van der Waals surface area contributed by atoms with Crippen LogP contribution in [0, 0.1) is 5.92 Å². The fraction of sp³-hybridized carbons (Fsp3) is 0.333. The van der Waals surface area contributed by atoms with E-state index in [0.29, 0.717) is 22.7 Å². The van der Waals surface area contributed by atoms with Crippen LogP contribution in [0.5, 0.6) is 0 Å². The maximum Gasteiger partial charge on any atom is 0.308 e. The Morgan fingerprint density at radius 1 is 1.10 bits per heavy atom. The molecule has 2 heterocycles. The molecule has 0 radical (unpaired) electrons. The second-order valence-corrected chi connectivity index (χ2v) is 10.3. The van der Waals surface area contributed by atoms with Crippen LogP contribution in [-0.2, 0) is 21.5 Å². The van der Waals surface area contributed by atoms with Gasteiger partial charge in [-0.2, -0.15) is 12.7 Å². The van der Waals surface area contributed by atoms with Crippen LogP contribution < -0.4 is 0 Å². The molecule has 158 valence electrons. The zero-order valence-corrected chi connectivity index (χ0v) is 18.4. The highest BCUT2D eigenvalue weighted by atomic mass is 32.2. The summed E-state index contributed by atoms with van der Waals surface area (Å²) in [5, 5.41) is 0.334. The smallest absolute Gasteiger partial charge is 0.308 e. The van der Waals surface area contributed by atoms with E-state index >= 15 is 0 Å². The van der Waals surface area contributed by atoms with Gasteiger partial charge in [-0.3, -0.25) is 4.79 Å². The highest BCUT2D eigenvalue weighted by Gasteiger charge is 2.50. The van der Waals surface area contributed by atoms with Gasteiger partial charge in [-0.25, -0.2) is 9.29 Å². The topological polar surface area (TPSA) is 83.7 Å². The molecule has 1 atom stereocenters. The van der Waals surface area contributed by atoms with E-state index in [2.05, 4.69) is 4.98 Å². The lowest BCUT2D eigenvalue weighted by Gasteiger charge is -2.21. The molecule has 2 aromatic carbocycles. The van der Waals surface area contributed by atoms with E-state index in [0.717, 1.165) is 21.6 Å². The highest BCUT2D eigenvalue weighted by Crippen LogP contribution is 2.33. The monoisotopic (exact) mass is 445 g/mol. The average Bonchev–Trinajstić information content (AvgIpc) is 3.20. The maximum absolute atomic E-state index is 13.3. The van der Waals surface area contributed by atoms with Crippen LogP contribution in [0.25, 0.3) is 11.1 Å². The van der Waals surface area contributed by atoms with Crippen molar-refractivity contribution in [2.45, 2.75) is 38.1 Å². The predicted molar refractivity (Wildman–Crippen MR) is 116 cm³/mol. The molecule has 30 heavy (non-hydrogen) atoms. The second-order valence-electron chi connectivity index (χ2n) is 7.59. The molecule has 0 bridgehead atoms. The fourth-order valence-electron chi connectivity index (χ4n) is 3.47. The number of carbonyl (C=O) groups excluding carboxylic acids is 1. The van der Waals surface area contributed by atoms with Crippen molar-refractivity contribution in [2.24, 2.45) is 5.92 Å². The van der Waals surface area contributed by atoms with E-state index in [4.69, 9.17) is 4.42 Å². The summed E-state index contributed by atoms with van der Waals surface area (Å²) >= 11 is 1.10. The maximum atomic E-state index is 13.3. The van der Waals surface area contributed by atoms with Gasteiger partial charge in [-0.15, -0.1) is 0 Å². The first kappa shape index (κ1) is 20.9. The minimum atomic E-state index is -3.94. The summed E-state index contributed by atoms with van der Waals surface area (Å²) in [6.07, 6.45) is 0.467. The van der Waals surface area contributed by atoms with Crippen LogP contribution in [0.15, 0.2) is 64.2 Å². The lowest BCUT2D eigenvalue weighted by Crippen LogP contribution is -2.36. The minimum Gasteiger partial charge on any atom is -0.431 e. The van der Waals surface area contributed by atoms with E-state index in [-0.39, 0.29) is 18.3 Å². The van der Waals surface area contributed by atoms with Crippen LogP contribution in [0.4, 0.5) is 0 Å². The Balaban J connectivity index is 1.58. The van der Waals surface area contributed by atoms with Gasteiger partial charge < -0.3 is 4.42 Å². The summed E-state index contributed by atoms with van der Waals surface area (Å²) in [5.41, 5.74) is 2.16. The number of oxazole rings is 1. The van der Waals surface area contributed by atoms with E-state index in [9.17, 15) is 13.2 Å². The van der Waals surface area contributed by atoms with Crippen molar-refractivity contribution >= 4 is 39.0 Å². The molecule has 0 saturated carbocycles. The zero-order chi connectivity index (χ0) is 21.3. The van der Waals surface area contributed by atoms with Crippen LogP contribution in [-0.4, -0.2) is 39.8 Å². The number of hydrogen-bond acceptors (Lipinski definition) is 6.